The first kappa shape index (κ1) is 14.1. The largest absolute Gasteiger partial charge is 0.354 e. The fraction of sp³-hybridized carbons (Fsp3) is 0.455. The highest BCUT2D eigenvalue weighted by Crippen LogP contribution is 2.46. The number of carbonyl (C=O) groups is 1. The van der Waals surface area contributed by atoms with E-state index in [2.05, 4.69) is 4.98 Å². The first-order valence-electron chi connectivity index (χ1n) is 5.54. The zero-order chi connectivity index (χ0) is 13.1. The van der Waals surface area contributed by atoms with Gasteiger partial charge in [0.2, 0.25) is 0 Å². The van der Waals surface area contributed by atoms with Crippen LogP contribution in [0.2, 0.25) is 0 Å². The Morgan fingerprint density at radius 3 is 2.63 bits per heavy atom. The molecule has 1 aliphatic carbocycles. The van der Waals surface area contributed by atoms with Gasteiger partial charge in [-0.3, -0.25) is 9.69 Å². The van der Waals surface area contributed by atoms with E-state index in [1.54, 1.807) is 0 Å². The molecule has 0 unspecified atom stereocenters. The quantitative estimate of drug-likeness (QED) is 0.855. The summed E-state index contributed by atoms with van der Waals surface area (Å²) in [6, 6.07) is 0.220. The predicted molar refractivity (Wildman–Crippen MR) is 63.8 cm³/mol. The highest BCUT2D eigenvalue weighted by Gasteiger charge is 2.57. The van der Waals surface area contributed by atoms with Crippen molar-refractivity contribution >= 4 is 24.1 Å². The minimum Gasteiger partial charge on any atom is -0.328 e. The third-order valence-electron chi connectivity index (χ3n) is 3.40. The summed E-state index contributed by atoms with van der Waals surface area (Å²) in [6.45, 7) is 0. The summed E-state index contributed by atoms with van der Waals surface area (Å²) in [7, 11) is 0. The fourth-order valence-corrected chi connectivity index (χ4v) is 2.40. The molecule has 1 aromatic rings. The van der Waals surface area contributed by atoms with Crippen LogP contribution >= 0.6 is 12.4 Å². The number of nitrogens with zero attached hydrogens (tertiary/aromatic N) is 2. The van der Waals surface area contributed by atoms with Gasteiger partial charge in [-0.15, -0.1) is 12.4 Å². The van der Waals surface area contributed by atoms with Crippen LogP contribution < -0.4 is 10.6 Å². The average molecular weight is 294 g/mol. The first-order valence-corrected chi connectivity index (χ1v) is 5.54. The molecule has 1 amide bonds. The van der Waals surface area contributed by atoms with Crippen LogP contribution in [0, 0.1) is 5.82 Å². The second kappa shape index (κ2) is 4.35. The van der Waals surface area contributed by atoms with E-state index in [9.17, 15) is 18.0 Å². The van der Waals surface area contributed by atoms with Crippen LogP contribution in [-0.4, -0.2) is 23.0 Å². The molecule has 8 heteroatoms. The van der Waals surface area contributed by atoms with Crippen LogP contribution in [0.15, 0.2) is 12.3 Å². The van der Waals surface area contributed by atoms with Crippen LogP contribution in [0.4, 0.5) is 19.0 Å². The minimum absolute atomic E-state index is 0. The van der Waals surface area contributed by atoms with Crippen LogP contribution in [0.3, 0.4) is 0 Å². The number of alkyl halides is 2. The Bertz CT molecular complexity index is 534. The average Bonchev–Trinajstić information content (AvgIpc) is 2.45. The van der Waals surface area contributed by atoms with Gasteiger partial charge in [-0.25, -0.2) is 9.37 Å². The van der Waals surface area contributed by atoms with E-state index in [0.29, 0.717) is 18.9 Å². The molecule has 0 bridgehead atoms. The van der Waals surface area contributed by atoms with Gasteiger partial charge < -0.3 is 5.73 Å². The summed E-state index contributed by atoms with van der Waals surface area (Å²) in [5, 5.41) is 0. The van der Waals surface area contributed by atoms with E-state index in [4.69, 9.17) is 5.73 Å². The Hall–Kier alpha value is -1.34. The Morgan fingerprint density at radius 1 is 1.42 bits per heavy atom. The number of nitrogens with two attached hydrogens (primary N) is 1. The maximum absolute atomic E-state index is 13.7. The van der Waals surface area contributed by atoms with Crippen molar-refractivity contribution in [2.45, 2.75) is 30.8 Å². The van der Waals surface area contributed by atoms with Gasteiger partial charge in [-0.1, -0.05) is 0 Å². The van der Waals surface area contributed by atoms with Crippen molar-refractivity contribution in [2.24, 2.45) is 5.73 Å². The highest BCUT2D eigenvalue weighted by atomic mass is 35.5. The van der Waals surface area contributed by atoms with E-state index in [0.717, 1.165) is 11.1 Å². The second-order valence-corrected chi connectivity index (χ2v) is 4.66. The van der Waals surface area contributed by atoms with Crippen molar-refractivity contribution in [3.05, 3.63) is 23.6 Å². The molecule has 2 N–H and O–H groups in total. The Morgan fingerprint density at radius 2 is 2.05 bits per heavy atom. The van der Waals surface area contributed by atoms with Crippen LogP contribution in [0.1, 0.15) is 18.4 Å². The minimum atomic E-state index is -3.70. The van der Waals surface area contributed by atoms with E-state index >= 15 is 0 Å². The molecular formula is C11H11ClF3N3O. The summed E-state index contributed by atoms with van der Waals surface area (Å²) >= 11 is 0. The lowest BCUT2D eigenvalue weighted by Crippen LogP contribution is -2.53. The summed E-state index contributed by atoms with van der Waals surface area (Å²) in [5.74, 6) is -6.08. The number of fused-ring (bicyclic) bond motifs is 1. The molecule has 2 heterocycles. The van der Waals surface area contributed by atoms with Crippen molar-refractivity contribution in [1.29, 1.82) is 0 Å². The van der Waals surface area contributed by atoms with Crippen molar-refractivity contribution in [2.75, 3.05) is 4.90 Å². The number of amides is 1. The SMILES string of the molecule is Cl.NC1CC(N2C(=O)C(F)(F)c3cc(F)cnc32)C1. The molecule has 0 aromatic carbocycles. The highest BCUT2D eigenvalue weighted by molar-refractivity contribution is 6.05. The first-order chi connectivity index (χ1) is 8.41. The van der Waals surface area contributed by atoms with Crippen molar-refractivity contribution in [1.82, 2.24) is 4.98 Å². The molecule has 3 rings (SSSR count). The summed E-state index contributed by atoms with van der Waals surface area (Å²) in [5.41, 5.74) is 4.93. The molecule has 2 aliphatic rings. The lowest BCUT2D eigenvalue weighted by atomic mass is 9.86. The second-order valence-electron chi connectivity index (χ2n) is 4.66. The standard InChI is InChI=1S/C11H10F3N3O.ClH/c12-5-1-8-9(16-4-5)17(7-2-6(15)3-7)10(18)11(8,13)14;/h1,4,6-7H,2-3,15H2;1H. The fourth-order valence-electron chi connectivity index (χ4n) is 2.40. The zero-order valence-electron chi connectivity index (χ0n) is 9.65. The van der Waals surface area contributed by atoms with Crippen molar-refractivity contribution in [3.8, 4) is 0 Å². The molecule has 1 aromatic heterocycles. The summed E-state index contributed by atoms with van der Waals surface area (Å²) in [4.78, 5) is 16.3. The maximum atomic E-state index is 13.7. The Balaban J connectivity index is 0.00000133. The van der Waals surface area contributed by atoms with Gasteiger partial charge in [0.25, 0.3) is 0 Å². The molecule has 0 atom stereocenters. The van der Waals surface area contributed by atoms with E-state index in [1.165, 1.54) is 0 Å². The van der Waals surface area contributed by atoms with Gasteiger partial charge in [0, 0.05) is 12.1 Å². The molecule has 104 valence electrons. The molecule has 0 saturated heterocycles. The topological polar surface area (TPSA) is 59.2 Å². The Labute approximate surface area is 113 Å². The van der Waals surface area contributed by atoms with Gasteiger partial charge in [0.1, 0.15) is 11.6 Å². The van der Waals surface area contributed by atoms with Crippen LogP contribution in [0.25, 0.3) is 0 Å². The van der Waals surface area contributed by atoms with E-state index in [-0.39, 0.29) is 30.3 Å². The molecule has 1 aliphatic heterocycles. The molecule has 0 spiro atoms. The lowest BCUT2D eigenvalue weighted by molar-refractivity contribution is -0.142. The number of carbonyl (C=O) groups excluding carboxylic acids is 1. The molecule has 1 saturated carbocycles. The predicted octanol–water partition coefficient (Wildman–Crippen LogP) is 1.57. The molecule has 4 nitrogen and oxygen atoms in total. The summed E-state index contributed by atoms with van der Waals surface area (Å²) in [6.07, 6.45) is 1.75. The van der Waals surface area contributed by atoms with Crippen LogP contribution in [0.5, 0.6) is 0 Å². The number of rotatable bonds is 1. The maximum Gasteiger partial charge on any atom is 0.354 e. The number of anilines is 1. The number of pyridine rings is 1. The van der Waals surface area contributed by atoms with Gasteiger partial charge in [-0.2, -0.15) is 8.78 Å². The number of hydrogen-bond acceptors (Lipinski definition) is 3. The number of hydrogen-bond donors (Lipinski definition) is 1. The molecular weight excluding hydrogens is 283 g/mol. The number of halogens is 4. The van der Waals surface area contributed by atoms with Gasteiger partial charge >= 0.3 is 11.8 Å². The van der Waals surface area contributed by atoms with E-state index < -0.39 is 23.2 Å². The smallest absolute Gasteiger partial charge is 0.328 e. The summed E-state index contributed by atoms with van der Waals surface area (Å²) < 4.78 is 40.5. The third kappa shape index (κ3) is 1.88. The zero-order valence-corrected chi connectivity index (χ0v) is 10.5. The third-order valence-corrected chi connectivity index (χ3v) is 3.40. The number of aromatic nitrogens is 1. The molecule has 0 radical (unpaired) electrons. The van der Waals surface area contributed by atoms with Crippen LogP contribution in [-0.2, 0) is 10.7 Å². The lowest BCUT2D eigenvalue weighted by Gasteiger charge is -2.38. The molecule has 19 heavy (non-hydrogen) atoms. The van der Waals surface area contributed by atoms with Gasteiger partial charge in [0.05, 0.1) is 11.8 Å². The Kier molecular flexibility index (Phi) is 3.22. The van der Waals surface area contributed by atoms with E-state index in [1.807, 2.05) is 0 Å². The van der Waals surface area contributed by atoms with Gasteiger partial charge in [-0.05, 0) is 18.9 Å². The normalized spacial score (nSPS) is 27.6. The van der Waals surface area contributed by atoms with Crippen molar-refractivity contribution in [3.63, 3.8) is 0 Å². The van der Waals surface area contributed by atoms with Gasteiger partial charge in [0.15, 0.2) is 0 Å². The monoisotopic (exact) mass is 293 g/mol. The van der Waals surface area contributed by atoms with Crippen molar-refractivity contribution < 1.29 is 18.0 Å². The molecule has 1 fully saturated rings.